The van der Waals surface area contributed by atoms with E-state index in [0.29, 0.717) is 11.7 Å². The summed E-state index contributed by atoms with van der Waals surface area (Å²) in [5.74, 6) is 0.889. The summed E-state index contributed by atoms with van der Waals surface area (Å²) >= 11 is 0. The minimum atomic E-state index is 0.362. The van der Waals surface area contributed by atoms with E-state index in [2.05, 4.69) is 25.1 Å². The van der Waals surface area contributed by atoms with E-state index in [0.717, 1.165) is 12.8 Å². The van der Waals surface area contributed by atoms with Gasteiger partial charge >= 0.3 is 0 Å². The third kappa shape index (κ3) is 2.91. The van der Waals surface area contributed by atoms with Crippen molar-refractivity contribution in [2.45, 2.75) is 32.6 Å². The minimum Gasteiger partial charge on any atom is -0.508 e. The van der Waals surface area contributed by atoms with Crippen LogP contribution in [0.2, 0.25) is 0 Å². The lowest BCUT2D eigenvalue weighted by Gasteiger charge is -2.13. The van der Waals surface area contributed by atoms with Gasteiger partial charge in [-0.25, -0.2) is 0 Å². The first-order valence-electron chi connectivity index (χ1n) is 5.18. The predicted octanol–water partition coefficient (Wildman–Crippen LogP) is 3.85. The van der Waals surface area contributed by atoms with Crippen molar-refractivity contribution in [1.29, 1.82) is 0 Å². The van der Waals surface area contributed by atoms with E-state index in [4.69, 9.17) is 0 Å². The molecular formula is C13H18O. The maximum atomic E-state index is 9.36. The van der Waals surface area contributed by atoms with Crippen molar-refractivity contribution < 1.29 is 5.11 Å². The highest BCUT2D eigenvalue weighted by Crippen LogP contribution is 2.26. The van der Waals surface area contributed by atoms with Gasteiger partial charge in [0.1, 0.15) is 5.75 Å². The van der Waals surface area contributed by atoms with Gasteiger partial charge in [-0.3, -0.25) is 0 Å². The lowest BCUT2D eigenvalue weighted by atomic mass is 9.93. The Balaban J connectivity index is 2.78. The van der Waals surface area contributed by atoms with Crippen molar-refractivity contribution in [3.63, 3.8) is 0 Å². The largest absolute Gasteiger partial charge is 0.508 e. The Morgan fingerprint density at radius 3 is 2.79 bits per heavy atom. The summed E-state index contributed by atoms with van der Waals surface area (Å²) in [4.78, 5) is 0. The molecule has 76 valence electrons. The smallest absolute Gasteiger partial charge is 0.115 e. The molecule has 1 nitrogen and oxygen atoms in total. The summed E-state index contributed by atoms with van der Waals surface area (Å²) in [6, 6.07) is 7.56. The molecule has 0 heterocycles. The van der Waals surface area contributed by atoms with E-state index in [1.54, 1.807) is 6.07 Å². The highest BCUT2D eigenvalue weighted by Gasteiger charge is 2.07. The molecular weight excluding hydrogens is 172 g/mol. The summed E-state index contributed by atoms with van der Waals surface area (Å²) in [6.07, 6.45) is 6.41. The first kappa shape index (κ1) is 10.8. The average Bonchev–Trinajstić information content (AvgIpc) is 2.19. The lowest BCUT2D eigenvalue weighted by Crippen LogP contribution is -1.95. The fraction of sp³-hybridized carbons (Fsp3) is 0.385. The minimum absolute atomic E-state index is 0.362. The van der Waals surface area contributed by atoms with Gasteiger partial charge in [-0.1, -0.05) is 31.2 Å². The first-order chi connectivity index (χ1) is 6.77. The first-order valence-corrected chi connectivity index (χ1v) is 5.18. The second-order valence-electron chi connectivity index (χ2n) is 3.50. The molecule has 1 heteroatoms. The van der Waals surface area contributed by atoms with E-state index in [1.807, 2.05) is 19.1 Å². The fourth-order valence-corrected chi connectivity index (χ4v) is 1.62. The van der Waals surface area contributed by atoms with Crippen molar-refractivity contribution in [2.75, 3.05) is 0 Å². The highest BCUT2D eigenvalue weighted by molar-refractivity contribution is 5.30. The van der Waals surface area contributed by atoms with E-state index in [-0.39, 0.29) is 0 Å². The number of hydrogen-bond acceptors (Lipinski definition) is 1. The van der Waals surface area contributed by atoms with Crippen LogP contribution in [0.4, 0.5) is 0 Å². The quantitative estimate of drug-likeness (QED) is 0.715. The van der Waals surface area contributed by atoms with Gasteiger partial charge in [0.05, 0.1) is 0 Å². The summed E-state index contributed by atoms with van der Waals surface area (Å²) in [5, 5.41) is 9.36. The number of benzene rings is 1. The van der Waals surface area contributed by atoms with Gasteiger partial charge in [0.2, 0.25) is 0 Å². The standard InChI is InChI=1S/C13H18O/c1-3-5-7-11(4-2)12-8-6-9-13(14)10-12/h3,5-6,8-11,14H,4,7H2,1-2H3/b5-3-. The molecule has 1 unspecified atom stereocenters. The summed E-state index contributed by atoms with van der Waals surface area (Å²) < 4.78 is 0. The molecule has 1 aromatic rings. The van der Waals surface area contributed by atoms with E-state index in [9.17, 15) is 5.11 Å². The second kappa shape index (κ2) is 5.48. The molecule has 1 N–H and O–H groups in total. The van der Waals surface area contributed by atoms with Crippen LogP contribution in [0.3, 0.4) is 0 Å². The number of aromatic hydroxyl groups is 1. The van der Waals surface area contributed by atoms with Crippen LogP contribution >= 0.6 is 0 Å². The summed E-state index contributed by atoms with van der Waals surface area (Å²) in [7, 11) is 0. The SMILES string of the molecule is C/C=C\CC(CC)c1cccc(O)c1. The average molecular weight is 190 g/mol. The molecule has 0 aromatic heterocycles. The Hall–Kier alpha value is -1.24. The summed E-state index contributed by atoms with van der Waals surface area (Å²) in [6.45, 7) is 4.22. The Kier molecular flexibility index (Phi) is 4.24. The molecule has 0 saturated heterocycles. The Bertz CT molecular complexity index is 302. The molecule has 0 bridgehead atoms. The van der Waals surface area contributed by atoms with Crippen LogP contribution in [0.25, 0.3) is 0 Å². The molecule has 0 aliphatic carbocycles. The molecule has 0 saturated carbocycles. The van der Waals surface area contributed by atoms with Gasteiger partial charge in [0.25, 0.3) is 0 Å². The fourth-order valence-electron chi connectivity index (χ4n) is 1.62. The number of rotatable bonds is 4. The molecule has 14 heavy (non-hydrogen) atoms. The predicted molar refractivity (Wildman–Crippen MR) is 60.6 cm³/mol. The van der Waals surface area contributed by atoms with Crippen LogP contribution < -0.4 is 0 Å². The van der Waals surface area contributed by atoms with Crippen LogP contribution in [0.15, 0.2) is 36.4 Å². The zero-order valence-corrected chi connectivity index (χ0v) is 8.90. The third-order valence-electron chi connectivity index (χ3n) is 2.49. The van der Waals surface area contributed by atoms with Gasteiger partial charge in [-0.15, -0.1) is 0 Å². The van der Waals surface area contributed by atoms with Gasteiger partial charge in [-0.2, -0.15) is 0 Å². The van der Waals surface area contributed by atoms with E-state index in [1.165, 1.54) is 5.56 Å². The number of hydrogen-bond donors (Lipinski definition) is 1. The Morgan fingerprint density at radius 2 is 2.21 bits per heavy atom. The van der Waals surface area contributed by atoms with Crippen molar-refractivity contribution in [3.05, 3.63) is 42.0 Å². The van der Waals surface area contributed by atoms with E-state index >= 15 is 0 Å². The van der Waals surface area contributed by atoms with Crippen LogP contribution in [-0.2, 0) is 0 Å². The van der Waals surface area contributed by atoms with Crippen LogP contribution in [-0.4, -0.2) is 5.11 Å². The number of phenolic OH excluding ortho intramolecular Hbond substituents is 1. The van der Waals surface area contributed by atoms with Crippen LogP contribution in [0.5, 0.6) is 5.75 Å². The molecule has 1 atom stereocenters. The number of allylic oxidation sites excluding steroid dienone is 2. The molecule has 0 aliphatic rings. The molecule has 1 aromatic carbocycles. The van der Waals surface area contributed by atoms with Gasteiger partial charge in [0, 0.05) is 0 Å². The maximum absolute atomic E-state index is 9.36. The van der Waals surface area contributed by atoms with Gasteiger partial charge < -0.3 is 5.11 Å². The highest BCUT2D eigenvalue weighted by atomic mass is 16.3. The Labute approximate surface area is 86.1 Å². The normalized spacial score (nSPS) is 13.3. The topological polar surface area (TPSA) is 20.2 Å². The van der Waals surface area contributed by atoms with Crippen molar-refractivity contribution in [3.8, 4) is 5.75 Å². The maximum Gasteiger partial charge on any atom is 0.115 e. The van der Waals surface area contributed by atoms with Gasteiger partial charge in [-0.05, 0) is 43.4 Å². The molecule has 0 spiro atoms. The van der Waals surface area contributed by atoms with Crippen molar-refractivity contribution in [2.24, 2.45) is 0 Å². The zero-order valence-electron chi connectivity index (χ0n) is 8.90. The lowest BCUT2D eigenvalue weighted by molar-refractivity contribution is 0.473. The zero-order chi connectivity index (χ0) is 10.4. The molecule has 0 fully saturated rings. The monoisotopic (exact) mass is 190 g/mol. The van der Waals surface area contributed by atoms with E-state index < -0.39 is 0 Å². The molecule has 1 rings (SSSR count). The summed E-state index contributed by atoms with van der Waals surface area (Å²) in [5.41, 5.74) is 1.23. The molecule has 0 aliphatic heterocycles. The molecule has 0 radical (unpaired) electrons. The Morgan fingerprint density at radius 1 is 1.43 bits per heavy atom. The number of phenols is 1. The van der Waals surface area contributed by atoms with Crippen molar-refractivity contribution >= 4 is 0 Å². The molecule has 0 amide bonds. The third-order valence-corrected chi connectivity index (χ3v) is 2.49. The second-order valence-corrected chi connectivity index (χ2v) is 3.50. The van der Waals surface area contributed by atoms with Gasteiger partial charge in [0.15, 0.2) is 0 Å². The van der Waals surface area contributed by atoms with Crippen LogP contribution in [0, 0.1) is 0 Å². The van der Waals surface area contributed by atoms with Crippen molar-refractivity contribution in [1.82, 2.24) is 0 Å². The van der Waals surface area contributed by atoms with Crippen LogP contribution in [0.1, 0.15) is 38.2 Å².